The van der Waals surface area contributed by atoms with Gasteiger partial charge < -0.3 is 5.32 Å². The molecule has 2 fully saturated rings. The molecule has 0 bridgehead atoms. The first-order valence-electron chi connectivity index (χ1n) is 9.46. The molecule has 150 valence electrons. The first-order chi connectivity index (χ1) is 12.7. The molecule has 1 saturated heterocycles. The summed E-state index contributed by atoms with van der Waals surface area (Å²) in [7, 11) is -3.15. The number of nitrogens with zero attached hydrogens (tertiary/aromatic N) is 1. The summed E-state index contributed by atoms with van der Waals surface area (Å²) < 4.78 is 25.9. The number of hydrogen-bond acceptors (Lipinski definition) is 3. The Bertz CT molecular complexity index is 801. The molecule has 1 aliphatic heterocycles. The molecule has 1 aromatic carbocycles. The molecule has 0 unspecified atom stereocenters. The average Bonchev–Trinajstić information content (AvgIpc) is 3.44. The van der Waals surface area contributed by atoms with Gasteiger partial charge in [0.05, 0.1) is 16.3 Å². The van der Waals surface area contributed by atoms with E-state index >= 15 is 0 Å². The van der Waals surface area contributed by atoms with Crippen LogP contribution in [0.4, 0.5) is 0 Å². The largest absolute Gasteiger partial charge is 0.351 e. The van der Waals surface area contributed by atoms with E-state index in [2.05, 4.69) is 5.32 Å². The van der Waals surface area contributed by atoms with Crippen LogP contribution in [0.3, 0.4) is 0 Å². The Kier molecular flexibility index (Phi) is 6.41. The average molecular weight is 433 g/mol. The number of nitrogens with one attached hydrogen (secondary N) is 1. The van der Waals surface area contributed by atoms with Gasteiger partial charge in [0.2, 0.25) is 10.0 Å². The van der Waals surface area contributed by atoms with Crippen molar-refractivity contribution in [1.82, 2.24) is 9.62 Å². The fourth-order valence-corrected chi connectivity index (χ4v) is 5.44. The quantitative estimate of drug-likeness (QED) is 0.708. The van der Waals surface area contributed by atoms with Crippen LogP contribution < -0.4 is 5.32 Å². The van der Waals surface area contributed by atoms with Crippen LogP contribution in [-0.4, -0.2) is 44.0 Å². The molecule has 1 N–H and O–H groups in total. The van der Waals surface area contributed by atoms with E-state index in [1.807, 2.05) is 0 Å². The van der Waals surface area contributed by atoms with Crippen molar-refractivity contribution in [2.75, 3.05) is 25.4 Å². The minimum Gasteiger partial charge on any atom is -0.351 e. The molecular weight excluding hydrogens is 407 g/mol. The van der Waals surface area contributed by atoms with E-state index in [0.29, 0.717) is 41.2 Å². The van der Waals surface area contributed by atoms with Gasteiger partial charge in [0.25, 0.3) is 5.91 Å². The fourth-order valence-electron chi connectivity index (χ4n) is 3.85. The lowest BCUT2D eigenvalue weighted by Crippen LogP contribution is -2.48. The third-order valence-corrected chi connectivity index (χ3v) is 8.19. The molecule has 1 aromatic rings. The van der Waals surface area contributed by atoms with Crippen LogP contribution in [0.15, 0.2) is 18.2 Å². The second-order valence-corrected chi connectivity index (χ2v) is 10.9. The Labute approximate surface area is 171 Å². The first-order valence-corrected chi connectivity index (χ1v) is 11.8. The van der Waals surface area contributed by atoms with E-state index in [0.717, 1.165) is 19.3 Å². The van der Waals surface area contributed by atoms with Gasteiger partial charge in [0.1, 0.15) is 0 Å². The maximum atomic E-state index is 12.6. The maximum Gasteiger partial charge on any atom is 0.252 e. The van der Waals surface area contributed by atoms with Crippen LogP contribution in [0.2, 0.25) is 10.0 Å². The molecule has 0 aromatic heterocycles. The number of rotatable bonds is 7. The highest BCUT2D eigenvalue weighted by molar-refractivity contribution is 7.89. The third kappa shape index (κ3) is 5.17. The molecule has 1 aliphatic carbocycles. The van der Waals surface area contributed by atoms with Gasteiger partial charge in [0.15, 0.2) is 0 Å². The van der Waals surface area contributed by atoms with Crippen molar-refractivity contribution in [3.05, 3.63) is 33.8 Å². The number of benzene rings is 1. The van der Waals surface area contributed by atoms with Gasteiger partial charge in [0, 0.05) is 24.7 Å². The lowest BCUT2D eigenvalue weighted by Gasteiger charge is -2.41. The Morgan fingerprint density at radius 3 is 2.48 bits per heavy atom. The monoisotopic (exact) mass is 432 g/mol. The highest BCUT2D eigenvalue weighted by Crippen LogP contribution is 2.45. The lowest BCUT2D eigenvalue weighted by molar-refractivity contribution is 0.0871. The zero-order valence-electron chi connectivity index (χ0n) is 15.5. The molecule has 3 rings (SSSR count). The second kappa shape index (κ2) is 8.27. The van der Waals surface area contributed by atoms with Gasteiger partial charge in [-0.3, -0.25) is 4.79 Å². The summed E-state index contributed by atoms with van der Waals surface area (Å²) in [6.07, 6.45) is 5.06. The minimum atomic E-state index is -3.15. The molecular formula is C19H26Cl2N2O3S. The predicted octanol–water partition coefficient (Wildman–Crippen LogP) is 3.96. The van der Waals surface area contributed by atoms with Gasteiger partial charge in [-0.25, -0.2) is 12.7 Å². The number of halogens is 2. The molecule has 0 spiro atoms. The Morgan fingerprint density at radius 1 is 1.26 bits per heavy atom. The van der Waals surface area contributed by atoms with Gasteiger partial charge in [-0.05, 0) is 55.7 Å². The molecule has 2 aliphatic rings. The van der Waals surface area contributed by atoms with E-state index in [-0.39, 0.29) is 17.1 Å². The van der Waals surface area contributed by atoms with Crippen molar-refractivity contribution >= 4 is 39.1 Å². The van der Waals surface area contributed by atoms with Crippen LogP contribution >= 0.6 is 23.2 Å². The smallest absolute Gasteiger partial charge is 0.252 e. The van der Waals surface area contributed by atoms with Crippen molar-refractivity contribution in [2.24, 2.45) is 11.3 Å². The van der Waals surface area contributed by atoms with Crippen molar-refractivity contribution in [3.8, 4) is 0 Å². The molecule has 0 radical (unpaired) electrons. The number of amides is 1. The van der Waals surface area contributed by atoms with Crippen molar-refractivity contribution in [3.63, 3.8) is 0 Å². The lowest BCUT2D eigenvalue weighted by atomic mass is 9.74. The standard InChI is InChI=1S/C19H26Cl2N2O3S/c1-2-27(25,26)23-9-7-19(8-10-23,12-14-3-4-14)13-22-18(24)16-6-5-15(20)11-17(16)21/h5-6,11,14H,2-4,7-10,12-13H2,1H3,(H,22,24). The third-order valence-electron chi connectivity index (χ3n) is 5.76. The Morgan fingerprint density at radius 2 is 1.93 bits per heavy atom. The molecule has 1 heterocycles. The van der Waals surface area contributed by atoms with Crippen LogP contribution in [0.25, 0.3) is 0 Å². The Hall–Kier alpha value is -0.820. The van der Waals surface area contributed by atoms with Crippen LogP contribution in [0.5, 0.6) is 0 Å². The van der Waals surface area contributed by atoms with Crippen LogP contribution in [0, 0.1) is 11.3 Å². The summed E-state index contributed by atoms with van der Waals surface area (Å²) in [6, 6.07) is 4.84. The summed E-state index contributed by atoms with van der Waals surface area (Å²) >= 11 is 12.0. The second-order valence-electron chi connectivity index (χ2n) is 7.75. The number of carbonyl (C=O) groups excluding carboxylic acids is 1. The predicted molar refractivity (Wildman–Crippen MR) is 109 cm³/mol. The van der Waals surface area contributed by atoms with Gasteiger partial charge in [-0.1, -0.05) is 36.0 Å². The SMILES string of the molecule is CCS(=O)(=O)N1CCC(CNC(=O)c2ccc(Cl)cc2Cl)(CC2CC2)CC1. The van der Waals surface area contributed by atoms with Crippen LogP contribution in [0.1, 0.15) is 49.4 Å². The highest BCUT2D eigenvalue weighted by Gasteiger charge is 2.41. The molecule has 8 heteroatoms. The summed E-state index contributed by atoms with van der Waals surface area (Å²) in [5, 5.41) is 3.86. The van der Waals surface area contributed by atoms with E-state index in [1.165, 1.54) is 12.8 Å². The first kappa shape index (κ1) is 20.9. The number of hydrogen-bond donors (Lipinski definition) is 1. The van der Waals surface area contributed by atoms with Crippen LogP contribution in [-0.2, 0) is 10.0 Å². The summed E-state index contributed by atoms with van der Waals surface area (Å²) in [6.45, 7) is 3.28. The highest BCUT2D eigenvalue weighted by atomic mass is 35.5. The van der Waals surface area contributed by atoms with Crippen molar-refractivity contribution in [2.45, 2.75) is 39.0 Å². The molecule has 0 atom stereocenters. The van der Waals surface area contributed by atoms with Gasteiger partial charge in [-0.2, -0.15) is 0 Å². The summed E-state index contributed by atoms with van der Waals surface area (Å²) in [5.41, 5.74) is 0.365. The molecule has 1 amide bonds. The maximum absolute atomic E-state index is 12.6. The number of sulfonamides is 1. The summed E-state index contributed by atoms with van der Waals surface area (Å²) in [5.74, 6) is 0.625. The molecule has 5 nitrogen and oxygen atoms in total. The van der Waals surface area contributed by atoms with E-state index < -0.39 is 10.0 Å². The van der Waals surface area contributed by atoms with E-state index in [9.17, 15) is 13.2 Å². The fraction of sp³-hybridized carbons (Fsp3) is 0.632. The molecule has 27 heavy (non-hydrogen) atoms. The topological polar surface area (TPSA) is 66.5 Å². The number of carbonyl (C=O) groups is 1. The molecule has 1 saturated carbocycles. The van der Waals surface area contributed by atoms with Crippen molar-refractivity contribution < 1.29 is 13.2 Å². The van der Waals surface area contributed by atoms with Crippen molar-refractivity contribution in [1.29, 1.82) is 0 Å². The Balaban J connectivity index is 1.66. The van der Waals surface area contributed by atoms with E-state index in [1.54, 1.807) is 29.4 Å². The zero-order valence-corrected chi connectivity index (χ0v) is 17.8. The van der Waals surface area contributed by atoms with Gasteiger partial charge in [-0.15, -0.1) is 0 Å². The zero-order chi connectivity index (χ0) is 19.7. The normalized spacial score (nSPS) is 20.4. The van der Waals surface area contributed by atoms with Gasteiger partial charge >= 0.3 is 0 Å². The number of piperidine rings is 1. The minimum absolute atomic E-state index is 0.0461. The van der Waals surface area contributed by atoms with E-state index in [4.69, 9.17) is 23.2 Å². The summed E-state index contributed by atoms with van der Waals surface area (Å²) in [4.78, 5) is 12.6.